The maximum Gasteiger partial charge on any atom is 0.374 e. The Kier molecular flexibility index (Phi) is 4.05. The maximum absolute atomic E-state index is 13.2. The fourth-order valence-corrected chi connectivity index (χ4v) is 1.69. The highest BCUT2D eigenvalue weighted by molar-refractivity contribution is 9.10. The van der Waals surface area contributed by atoms with Gasteiger partial charge in [0.15, 0.2) is 0 Å². The van der Waals surface area contributed by atoms with E-state index in [0.717, 1.165) is 12.4 Å². The van der Waals surface area contributed by atoms with Crippen molar-refractivity contribution in [2.45, 2.75) is 0 Å². The number of halogens is 2. The molecule has 0 amide bonds. The minimum absolute atomic E-state index is 0.0368. The molecule has 0 radical (unpaired) electrons. The van der Waals surface area contributed by atoms with Gasteiger partial charge in [-0.3, -0.25) is 10.1 Å². The van der Waals surface area contributed by atoms with E-state index in [1.165, 1.54) is 12.1 Å². The van der Waals surface area contributed by atoms with E-state index in [1.54, 1.807) is 0 Å². The Labute approximate surface area is 120 Å². The molecule has 104 valence electrons. The van der Waals surface area contributed by atoms with Crippen molar-refractivity contribution in [1.82, 2.24) is 9.97 Å². The molecule has 1 heterocycles. The van der Waals surface area contributed by atoms with Crippen LogP contribution < -0.4 is 16.0 Å². The SMILES string of the molecule is NNc1ncnc(Oc2cc(F)ccc2Br)c1[N+](=O)[O-]. The molecule has 20 heavy (non-hydrogen) atoms. The highest BCUT2D eigenvalue weighted by atomic mass is 79.9. The number of hydrazine groups is 1. The third-order valence-corrected chi connectivity index (χ3v) is 2.86. The van der Waals surface area contributed by atoms with Crippen LogP contribution in [0.5, 0.6) is 11.6 Å². The van der Waals surface area contributed by atoms with Gasteiger partial charge in [-0.05, 0) is 28.1 Å². The summed E-state index contributed by atoms with van der Waals surface area (Å²) >= 11 is 3.14. The van der Waals surface area contributed by atoms with Crippen LogP contribution in [0.15, 0.2) is 29.0 Å². The normalized spacial score (nSPS) is 10.2. The first kappa shape index (κ1) is 14.1. The summed E-state index contributed by atoms with van der Waals surface area (Å²) in [6, 6.07) is 3.67. The number of nitrogen functional groups attached to an aromatic ring is 1. The third kappa shape index (κ3) is 2.81. The van der Waals surface area contributed by atoms with Crippen LogP contribution in [0.4, 0.5) is 15.9 Å². The van der Waals surface area contributed by atoms with Gasteiger partial charge in [-0.15, -0.1) is 0 Å². The van der Waals surface area contributed by atoms with Crippen LogP contribution in [-0.2, 0) is 0 Å². The van der Waals surface area contributed by atoms with Crippen LogP contribution in [0.25, 0.3) is 0 Å². The number of nitrogens with two attached hydrogens (primary N) is 1. The summed E-state index contributed by atoms with van der Waals surface area (Å²) in [5.74, 6) is 4.04. The first-order valence-electron chi connectivity index (χ1n) is 5.12. The van der Waals surface area contributed by atoms with Crippen molar-refractivity contribution in [3.8, 4) is 11.6 Å². The molecule has 0 fully saturated rings. The van der Waals surface area contributed by atoms with Crippen molar-refractivity contribution in [2.24, 2.45) is 5.84 Å². The number of nitrogens with zero attached hydrogens (tertiary/aromatic N) is 3. The number of rotatable bonds is 4. The van der Waals surface area contributed by atoms with E-state index in [-0.39, 0.29) is 17.4 Å². The molecule has 0 bridgehead atoms. The summed E-state index contributed by atoms with van der Waals surface area (Å²) in [5.41, 5.74) is 1.52. The molecule has 0 aliphatic rings. The Morgan fingerprint density at radius 1 is 1.45 bits per heavy atom. The number of hydrogen-bond donors (Lipinski definition) is 2. The number of anilines is 1. The maximum atomic E-state index is 13.2. The van der Waals surface area contributed by atoms with Crippen molar-refractivity contribution in [3.05, 3.63) is 44.9 Å². The van der Waals surface area contributed by atoms with E-state index in [9.17, 15) is 14.5 Å². The van der Waals surface area contributed by atoms with Crippen molar-refractivity contribution in [3.63, 3.8) is 0 Å². The van der Waals surface area contributed by atoms with E-state index in [1.807, 2.05) is 0 Å². The molecule has 1 aromatic carbocycles. The van der Waals surface area contributed by atoms with Gasteiger partial charge in [0.05, 0.1) is 9.40 Å². The predicted molar refractivity (Wildman–Crippen MR) is 70.7 cm³/mol. The zero-order chi connectivity index (χ0) is 14.7. The summed E-state index contributed by atoms with van der Waals surface area (Å²) in [4.78, 5) is 17.5. The van der Waals surface area contributed by atoms with Crippen LogP contribution in [0.1, 0.15) is 0 Å². The van der Waals surface area contributed by atoms with Gasteiger partial charge in [0.2, 0.25) is 5.82 Å². The molecule has 0 atom stereocenters. The molecule has 1 aromatic heterocycles. The highest BCUT2D eigenvalue weighted by Gasteiger charge is 2.25. The second-order valence-corrected chi connectivity index (χ2v) is 4.31. The molecule has 3 N–H and O–H groups in total. The number of hydrogen-bond acceptors (Lipinski definition) is 7. The van der Waals surface area contributed by atoms with Crippen molar-refractivity contribution < 1.29 is 14.1 Å². The Morgan fingerprint density at radius 2 is 2.20 bits per heavy atom. The van der Waals surface area contributed by atoms with Crippen LogP contribution in [0.3, 0.4) is 0 Å². The van der Waals surface area contributed by atoms with Crippen molar-refractivity contribution in [2.75, 3.05) is 5.43 Å². The molecule has 2 aromatic rings. The molecule has 10 heteroatoms. The summed E-state index contributed by atoms with van der Waals surface area (Å²) < 4.78 is 18.8. The zero-order valence-electron chi connectivity index (χ0n) is 9.71. The van der Waals surface area contributed by atoms with Crippen molar-refractivity contribution >= 4 is 27.4 Å². The van der Waals surface area contributed by atoms with E-state index < -0.39 is 16.4 Å². The van der Waals surface area contributed by atoms with Gasteiger partial charge in [0.25, 0.3) is 0 Å². The average molecular weight is 344 g/mol. The summed E-state index contributed by atoms with van der Waals surface area (Å²) in [7, 11) is 0. The molecular formula is C10H7BrFN5O3. The quantitative estimate of drug-likeness (QED) is 0.497. The molecule has 0 aliphatic heterocycles. The lowest BCUT2D eigenvalue weighted by Crippen LogP contribution is -2.12. The minimum atomic E-state index is -0.752. The average Bonchev–Trinajstić information content (AvgIpc) is 2.42. The van der Waals surface area contributed by atoms with E-state index in [2.05, 4.69) is 31.3 Å². The Balaban J connectivity index is 2.48. The number of nitro groups is 1. The largest absolute Gasteiger partial charge is 0.432 e. The third-order valence-electron chi connectivity index (χ3n) is 2.21. The molecule has 0 saturated heterocycles. The van der Waals surface area contributed by atoms with Gasteiger partial charge < -0.3 is 10.2 Å². The monoisotopic (exact) mass is 343 g/mol. The molecule has 0 saturated carbocycles. The number of benzene rings is 1. The van der Waals surface area contributed by atoms with Crippen LogP contribution in [0, 0.1) is 15.9 Å². The smallest absolute Gasteiger partial charge is 0.374 e. The molecule has 0 unspecified atom stereocenters. The van der Waals surface area contributed by atoms with Crippen LogP contribution in [-0.4, -0.2) is 14.9 Å². The first-order chi connectivity index (χ1) is 9.52. The van der Waals surface area contributed by atoms with Gasteiger partial charge in [0, 0.05) is 6.07 Å². The lowest BCUT2D eigenvalue weighted by molar-refractivity contribution is -0.385. The molecular weight excluding hydrogens is 337 g/mol. The molecule has 0 aliphatic carbocycles. The predicted octanol–water partition coefficient (Wildman–Crippen LogP) is 2.36. The van der Waals surface area contributed by atoms with Gasteiger partial charge in [-0.1, -0.05) is 0 Å². The lowest BCUT2D eigenvalue weighted by atomic mass is 10.3. The Hall–Kier alpha value is -2.33. The van der Waals surface area contributed by atoms with Gasteiger partial charge in [-0.2, -0.15) is 4.98 Å². The Bertz CT molecular complexity index is 669. The van der Waals surface area contributed by atoms with E-state index >= 15 is 0 Å². The molecule has 8 nitrogen and oxygen atoms in total. The minimum Gasteiger partial charge on any atom is -0.432 e. The van der Waals surface area contributed by atoms with Crippen LogP contribution in [0.2, 0.25) is 0 Å². The fraction of sp³-hybridized carbons (Fsp3) is 0. The Morgan fingerprint density at radius 3 is 2.85 bits per heavy atom. The second kappa shape index (κ2) is 5.75. The van der Waals surface area contributed by atoms with E-state index in [0.29, 0.717) is 4.47 Å². The number of ether oxygens (including phenoxy) is 1. The lowest BCUT2D eigenvalue weighted by Gasteiger charge is -2.08. The van der Waals surface area contributed by atoms with Gasteiger partial charge in [-0.25, -0.2) is 15.2 Å². The summed E-state index contributed by atoms with van der Waals surface area (Å²) in [6.45, 7) is 0. The highest BCUT2D eigenvalue weighted by Crippen LogP contribution is 2.36. The van der Waals surface area contributed by atoms with Crippen molar-refractivity contribution in [1.29, 1.82) is 0 Å². The number of nitrogens with one attached hydrogen (secondary N) is 1. The fourth-order valence-electron chi connectivity index (χ4n) is 1.37. The van der Waals surface area contributed by atoms with Gasteiger partial charge in [0.1, 0.15) is 17.9 Å². The summed E-state index contributed by atoms with van der Waals surface area (Å²) in [5, 5.41) is 11.0. The molecule has 2 rings (SSSR count). The topological polar surface area (TPSA) is 116 Å². The number of aromatic nitrogens is 2. The second-order valence-electron chi connectivity index (χ2n) is 3.45. The zero-order valence-corrected chi connectivity index (χ0v) is 11.3. The van der Waals surface area contributed by atoms with Gasteiger partial charge >= 0.3 is 11.6 Å². The standard InChI is InChI=1S/C10H7BrFN5O3/c11-6-2-1-5(12)3-7(6)20-10-8(17(18)19)9(16-13)14-4-15-10/h1-4H,13H2,(H,14,15,16). The van der Waals surface area contributed by atoms with Crippen LogP contribution >= 0.6 is 15.9 Å². The summed E-state index contributed by atoms with van der Waals surface area (Å²) in [6.07, 6.45) is 1.03. The van der Waals surface area contributed by atoms with E-state index in [4.69, 9.17) is 10.6 Å². The first-order valence-corrected chi connectivity index (χ1v) is 5.91. The molecule has 0 spiro atoms.